The molecule has 0 aliphatic rings. The minimum absolute atomic E-state index is 0.177. The van der Waals surface area contributed by atoms with Crippen LogP contribution in [0.3, 0.4) is 0 Å². The summed E-state index contributed by atoms with van der Waals surface area (Å²) >= 11 is 10.9. The van der Waals surface area contributed by atoms with Crippen molar-refractivity contribution >= 4 is 51.4 Å². The molecule has 0 aromatic heterocycles. The van der Waals surface area contributed by atoms with E-state index in [9.17, 15) is 4.79 Å². The molecule has 0 spiro atoms. The van der Waals surface area contributed by atoms with Gasteiger partial charge in [-0.15, -0.1) is 11.8 Å². The zero-order valence-electron chi connectivity index (χ0n) is 17.5. The number of methoxy groups -OCH3 is 1. The summed E-state index contributed by atoms with van der Waals surface area (Å²) in [6.45, 7) is 2.21. The normalized spacial score (nSPS) is 11.9. The fourth-order valence-corrected chi connectivity index (χ4v) is 4.29. The molecule has 5 nitrogen and oxygen atoms in total. The van der Waals surface area contributed by atoms with Gasteiger partial charge in [-0.1, -0.05) is 41.9 Å². The van der Waals surface area contributed by atoms with E-state index < -0.39 is 0 Å². The second-order valence-electron chi connectivity index (χ2n) is 6.76. The summed E-state index contributed by atoms with van der Waals surface area (Å²) < 4.78 is 12.1. The van der Waals surface area contributed by atoms with Crippen molar-refractivity contribution in [2.24, 2.45) is 5.10 Å². The van der Waals surface area contributed by atoms with Gasteiger partial charge in [0, 0.05) is 9.92 Å². The number of hydrogen-bond donors (Lipinski definition) is 1. The van der Waals surface area contributed by atoms with Crippen molar-refractivity contribution in [1.82, 2.24) is 5.43 Å². The lowest BCUT2D eigenvalue weighted by molar-refractivity contribution is -0.120. The van der Waals surface area contributed by atoms with Crippen LogP contribution in [0.1, 0.15) is 18.1 Å². The van der Waals surface area contributed by atoms with E-state index in [1.807, 2.05) is 67.6 Å². The molecule has 0 heterocycles. The van der Waals surface area contributed by atoms with Crippen LogP contribution < -0.4 is 14.9 Å². The average Bonchev–Trinajstić information content (AvgIpc) is 2.79. The molecule has 0 saturated carbocycles. The number of carbonyl (C=O) groups is 1. The summed E-state index contributed by atoms with van der Waals surface area (Å²) in [5, 5.41) is 4.48. The zero-order valence-corrected chi connectivity index (χ0v) is 20.7. The van der Waals surface area contributed by atoms with Crippen molar-refractivity contribution in [2.45, 2.75) is 23.7 Å². The van der Waals surface area contributed by atoms with Gasteiger partial charge in [0.25, 0.3) is 5.91 Å². The molecule has 0 bridgehead atoms. The van der Waals surface area contributed by atoms with Crippen LogP contribution in [0, 0.1) is 0 Å². The van der Waals surface area contributed by atoms with Crippen LogP contribution in [0.25, 0.3) is 0 Å². The summed E-state index contributed by atoms with van der Waals surface area (Å²) in [6, 6.07) is 20.9. The van der Waals surface area contributed by atoms with Gasteiger partial charge in [-0.05, 0) is 70.4 Å². The van der Waals surface area contributed by atoms with Crippen LogP contribution in [0.2, 0.25) is 5.02 Å². The Balaban J connectivity index is 1.61. The van der Waals surface area contributed by atoms with Crippen molar-refractivity contribution in [1.29, 1.82) is 0 Å². The third-order valence-electron chi connectivity index (χ3n) is 4.36. The molecule has 1 atom stereocenters. The number of nitrogens with zero attached hydrogens (tertiary/aromatic N) is 1. The van der Waals surface area contributed by atoms with E-state index in [0.717, 1.165) is 16.0 Å². The van der Waals surface area contributed by atoms with Crippen LogP contribution in [-0.4, -0.2) is 24.5 Å². The van der Waals surface area contributed by atoms with Crippen LogP contribution in [0.5, 0.6) is 11.5 Å². The van der Waals surface area contributed by atoms with E-state index in [0.29, 0.717) is 27.6 Å². The highest BCUT2D eigenvalue weighted by Crippen LogP contribution is 2.37. The first-order valence-corrected chi connectivity index (χ1v) is 11.8. The van der Waals surface area contributed by atoms with Gasteiger partial charge in [0.1, 0.15) is 6.61 Å². The number of carbonyl (C=O) groups excluding carboxylic acids is 1. The number of halogens is 2. The third-order valence-corrected chi connectivity index (χ3v) is 6.31. The molecule has 8 heteroatoms. The van der Waals surface area contributed by atoms with Gasteiger partial charge < -0.3 is 9.47 Å². The quantitative estimate of drug-likeness (QED) is 0.199. The summed E-state index contributed by atoms with van der Waals surface area (Å²) in [4.78, 5) is 13.3. The SMILES string of the molecule is COc1cc(/C=N\NC(=O)[C@H](C)Sc2ccccc2)cc(Br)c1OCc1ccc(Cl)cc1. The minimum Gasteiger partial charge on any atom is -0.493 e. The Bertz CT molecular complexity index is 1080. The van der Waals surface area contributed by atoms with E-state index in [4.69, 9.17) is 21.1 Å². The Kier molecular flexibility index (Phi) is 9.02. The second kappa shape index (κ2) is 11.9. The maximum atomic E-state index is 12.3. The Morgan fingerprint density at radius 1 is 1.19 bits per heavy atom. The van der Waals surface area contributed by atoms with Crippen LogP contribution in [-0.2, 0) is 11.4 Å². The van der Waals surface area contributed by atoms with Crippen LogP contribution >= 0.6 is 39.3 Å². The molecular formula is C24H22BrClN2O3S. The molecule has 0 fully saturated rings. The summed E-state index contributed by atoms with van der Waals surface area (Å²) in [6.07, 6.45) is 1.56. The first-order chi connectivity index (χ1) is 15.5. The van der Waals surface area contributed by atoms with Crippen molar-refractivity contribution in [3.63, 3.8) is 0 Å². The highest BCUT2D eigenvalue weighted by Gasteiger charge is 2.14. The van der Waals surface area contributed by atoms with E-state index in [-0.39, 0.29) is 11.2 Å². The average molecular weight is 534 g/mol. The summed E-state index contributed by atoms with van der Waals surface area (Å²) in [5.41, 5.74) is 4.32. The predicted octanol–water partition coefficient (Wildman–Crippen LogP) is 6.32. The Hall–Kier alpha value is -2.48. The van der Waals surface area contributed by atoms with Crippen molar-refractivity contribution < 1.29 is 14.3 Å². The molecule has 0 aliphatic heterocycles. The first-order valence-electron chi connectivity index (χ1n) is 9.75. The maximum Gasteiger partial charge on any atom is 0.253 e. The number of ether oxygens (including phenoxy) is 2. The lowest BCUT2D eigenvalue weighted by Gasteiger charge is -2.13. The van der Waals surface area contributed by atoms with Crippen LogP contribution in [0.15, 0.2) is 81.2 Å². The first kappa shape index (κ1) is 24.2. The number of thioether (sulfide) groups is 1. The second-order valence-corrected chi connectivity index (χ2v) is 9.46. The van der Waals surface area contributed by atoms with Gasteiger partial charge in [0.2, 0.25) is 0 Å². The smallest absolute Gasteiger partial charge is 0.253 e. The molecule has 166 valence electrons. The summed E-state index contributed by atoms with van der Waals surface area (Å²) in [7, 11) is 1.57. The Morgan fingerprint density at radius 3 is 2.59 bits per heavy atom. The monoisotopic (exact) mass is 532 g/mol. The molecule has 3 rings (SSSR count). The molecular weight excluding hydrogens is 512 g/mol. The standard InChI is InChI=1S/C24H22BrClN2O3S/c1-16(32-20-6-4-3-5-7-20)24(29)28-27-14-18-12-21(25)23(22(13-18)30-2)31-15-17-8-10-19(26)11-9-17/h3-14,16H,15H2,1-2H3,(H,28,29)/b27-14-/t16-/m0/s1. The zero-order chi connectivity index (χ0) is 22.9. The van der Waals surface area contributed by atoms with E-state index in [1.165, 1.54) is 11.8 Å². The lowest BCUT2D eigenvalue weighted by Crippen LogP contribution is -2.26. The molecule has 32 heavy (non-hydrogen) atoms. The third kappa shape index (κ3) is 7.02. The summed E-state index contributed by atoms with van der Waals surface area (Å²) in [5.74, 6) is 0.953. The van der Waals surface area contributed by atoms with Crippen molar-refractivity contribution in [3.05, 3.63) is 87.4 Å². The van der Waals surface area contributed by atoms with Crippen molar-refractivity contribution in [2.75, 3.05) is 7.11 Å². The minimum atomic E-state index is -0.278. The molecule has 3 aromatic carbocycles. The number of amides is 1. The number of hydrogen-bond acceptors (Lipinski definition) is 5. The highest BCUT2D eigenvalue weighted by molar-refractivity contribution is 9.10. The lowest BCUT2D eigenvalue weighted by atomic mass is 10.2. The van der Waals surface area contributed by atoms with E-state index >= 15 is 0 Å². The molecule has 0 unspecified atom stereocenters. The van der Waals surface area contributed by atoms with Gasteiger partial charge in [-0.3, -0.25) is 4.79 Å². The molecule has 0 aliphatic carbocycles. The maximum absolute atomic E-state index is 12.3. The van der Waals surface area contributed by atoms with Gasteiger partial charge in [0.15, 0.2) is 11.5 Å². The number of hydrazone groups is 1. The molecule has 1 amide bonds. The fraction of sp³-hybridized carbons (Fsp3) is 0.167. The van der Waals surface area contributed by atoms with E-state index in [2.05, 4.69) is 26.5 Å². The van der Waals surface area contributed by atoms with Gasteiger partial charge in [-0.2, -0.15) is 5.10 Å². The Morgan fingerprint density at radius 2 is 1.91 bits per heavy atom. The highest BCUT2D eigenvalue weighted by atomic mass is 79.9. The predicted molar refractivity (Wildman–Crippen MR) is 134 cm³/mol. The van der Waals surface area contributed by atoms with Gasteiger partial charge in [0.05, 0.1) is 23.0 Å². The number of rotatable bonds is 9. The van der Waals surface area contributed by atoms with E-state index in [1.54, 1.807) is 19.4 Å². The molecule has 0 saturated heterocycles. The topological polar surface area (TPSA) is 59.9 Å². The number of nitrogens with one attached hydrogen (secondary N) is 1. The number of benzene rings is 3. The largest absolute Gasteiger partial charge is 0.493 e. The molecule has 3 aromatic rings. The van der Waals surface area contributed by atoms with Gasteiger partial charge >= 0.3 is 0 Å². The fourth-order valence-electron chi connectivity index (χ4n) is 2.71. The molecule has 0 radical (unpaired) electrons. The van der Waals surface area contributed by atoms with Crippen molar-refractivity contribution in [3.8, 4) is 11.5 Å². The Labute approximate surface area is 205 Å². The van der Waals surface area contributed by atoms with Gasteiger partial charge in [-0.25, -0.2) is 5.43 Å². The molecule has 1 N–H and O–H groups in total. The van der Waals surface area contributed by atoms with Crippen LogP contribution in [0.4, 0.5) is 0 Å².